The van der Waals surface area contributed by atoms with Crippen molar-refractivity contribution in [1.82, 2.24) is 29.8 Å². The molecule has 4 aromatic carbocycles. The molecule has 7 heterocycles. The van der Waals surface area contributed by atoms with E-state index in [1.165, 1.54) is 38.6 Å². The van der Waals surface area contributed by atoms with Crippen molar-refractivity contribution in [2.45, 2.75) is 37.8 Å². The van der Waals surface area contributed by atoms with Crippen LogP contribution in [0.2, 0.25) is 0 Å². The number of halogens is 2. The van der Waals surface area contributed by atoms with Gasteiger partial charge in [-0.05, 0) is 88.0 Å². The molecule has 0 aliphatic carbocycles. The molecule has 5 aromatic rings. The lowest BCUT2D eigenvalue weighted by molar-refractivity contribution is -0.115. The molecule has 0 spiro atoms. The van der Waals surface area contributed by atoms with E-state index >= 15 is 0 Å². The van der Waals surface area contributed by atoms with Gasteiger partial charge in [0.25, 0.3) is 0 Å². The van der Waals surface area contributed by atoms with Crippen LogP contribution >= 0.6 is 0 Å². The van der Waals surface area contributed by atoms with Crippen molar-refractivity contribution in [2.24, 2.45) is 10.2 Å². The molecule has 16 nitrogen and oxygen atoms in total. The van der Waals surface area contributed by atoms with E-state index in [1.54, 1.807) is 78.3 Å². The first kappa shape index (κ1) is 43.6. The van der Waals surface area contributed by atoms with Gasteiger partial charge in [0, 0.05) is 86.3 Å². The van der Waals surface area contributed by atoms with Crippen molar-refractivity contribution in [3.63, 3.8) is 0 Å². The Balaban J connectivity index is 0.000000134. The fourth-order valence-corrected chi connectivity index (χ4v) is 8.24. The number of anilines is 2. The lowest BCUT2D eigenvalue weighted by Crippen LogP contribution is -2.49. The highest BCUT2D eigenvalue weighted by molar-refractivity contribution is 6.00. The molecule has 0 saturated carbocycles. The van der Waals surface area contributed by atoms with Gasteiger partial charge >= 0.3 is 12.1 Å². The molecule has 3 N–H and O–H groups in total. The van der Waals surface area contributed by atoms with Crippen LogP contribution in [-0.4, -0.2) is 87.0 Å². The fraction of sp³-hybridized carbons (Fsp3) is 0.204. The van der Waals surface area contributed by atoms with Gasteiger partial charge in [-0.25, -0.2) is 33.4 Å². The summed E-state index contributed by atoms with van der Waals surface area (Å²) in [6.45, 7) is 2.42. The van der Waals surface area contributed by atoms with Crippen LogP contribution in [0.3, 0.4) is 0 Å². The largest absolute Gasteiger partial charge is 0.350 e. The maximum atomic E-state index is 14.4. The molecule has 67 heavy (non-hydrogen) atoms. The summed E-state index contributed by atoms with van der Waals surface area (Å²) < 4.78 is 29.4. The molecule has 0 bridgehead atoms. The van der Waals surface area contributed by atoms with Crippen molar-refractivity contribution >= 4 is 59.8 Å². The van der Waals surface area contributed by atoms with Gasteiger partial charge < -0.3 is 20.9 Å². The number of urea groups is 1. The molecule has 2 fully saturated rings. The van der Waals surface area contributed by atoms with Crippen molar-refractivity contribution < 1.29 is 28.0 Å². The molecule has 1 aromatic heterocycles. The van der Waals surface area contributed by atoms with Crippen LogP contribution in [0.1, 0.15) is 69.4 Å². The summed E-state index contributed by atoms with van der Waals surface area (Å²) >= 11 is 0. The van der Waals surface area contributed by atoms with Gasteiger partial charge in [-0.3, -0.25) is 14.2 Å². The summed E-state index contributed by atoms with van der Waals surface area (Å²) in [5, 5.41) is 37.9. The van der Waals surface area contributed by atoms with E-state index in [0.29, 0.717) is 59.4 Å². The van der Waals surface area contributed by atoms with E-state index in [2.05, 4.69) is 43.3 Å². The Kier molecular flexibility index (Phi) is 12.3. The van der Waals surface area contributed by atoms with E-state index in [9.17, 15) is 28.0 Å². The minimum Gasteiger partial charge on any atom is -0.326 e. The third-order valence-corrected chi connectivity index (χ3v) is 11.8. The smallest absolute Gasteiger partial charge is 0.326 e. The Hall–Kier alpha value is -8.61. The number of fused-ring (bicyclic) bond motifs is 2. The Morgan fingerprint density at radius 1 is 0.701 bits per heavy atom. The second-order valence-electron chi connectivity index (χ2n) is 16.4. The van der Waals surface area contributed by atoms with E-state index in [4.69, 9.17) is 10.5 Å². The standard InChI is InChI=1S/C23H18FN5O2.C14H11N5O.C12H11FN2O/c24-19-8-18-10-22(30)27-20(18)9-17(19)7-15-12-28(13-15)23(31)29-21(4-5-26-29)16-3-1-2-14(6-16)11-25;15-9-11-2-1-3-12(8-11)13-4-5-17-19(13)14(20)18-7-6-16-10-18;13-10-2-9-4-12(16)15-11(9)3-8(10)1-7-5-14-6-7/h1-3,5-9,21H,4,10,12-13H2,(H,27,30);1-3,5-8,10,13H,4H2;1-3,14H,4-6H2,(H,15,16)/t21-;13-;/m00./s1. The number of benzene rings is 4. The van der Waals surface area contributed by atoms with Gasteiger partial charge in [0.05, 0.1) is 48.2 Å². The minimum absolute atomic E-state index is 0.0653. The van der Waals surface area contributed by atoms with Crippen LogP contribution in [0.4, 0.5) is 29.7 Å². The normalized spacial score (nSPS) is 18.2. The third-order valence-electron chi connectivity index (χ3n) is 11.8. The van der Waals surface area contributed by atoms with Crippen LogP contribution in [0.5, 0.6) is 0 Å². The van der Waals surface area contributed by atoms with Crippen LogP contribution < -0.4 is 16.0 Å². The Labute approximate surface area is 382 Å². The molecule has 6 aliphatic heterocycles. The molecule has 5 amide bonds. The predicted molar refractivity (Wildman–Crippen MR) is 244 cm³/mol. The lowest BCUT2D eigenvalue weighted by Gasteiger charge is -2.37. The maximum Gasteiger partial charge on any atom is 0.350 e. The first-order chi connectivity index (χ1) is 32.5. The number of hydrogen-bond acceptors (Lipinski definition) is 10. The number of nitrogens with one attached hydrogen (secondary N) is 3. The first-order valence-corrected chi connectivity index (χ1v) is 21.3. The Morgan fingerprint density at radius 3 is 1.70 bits per heavy atom. The lowest BCUT2D eigenvalue weighted by atomic mass is 10.0. The zero-order valence-corrected chi connectivity index (χ0v) is 35.7. The number of carbonyl (C=O) groups excluding carboxylic acids is 4. The number of likely N-dealkylation sites (tertiary alicyclic amines) is 1. The molecule has 6 aliphatic rings. The average Bonchev–Trinajstić information content (AvgIpc) is 4.17. The van der Waals surface area contributed by atoms with Crippen molar-refractivity contribution in [1.29, 1.82) is 10.5 Å². The molecule has 18 heteroatoms. The summed E-state index contributed by atoms with van der Waals surface area (Å²) in [7, 11) is 0. The number of carbonyl (C=O) groups is 4. The molecule has 2 atom stereocenters. The summed E-state index contributed by atoms with van der Waals surface area (Å²) in [6.07, 6.45) is 13.2. The van der Waals surface area contributed by atoms with Gasteiger partial charge in [0.2, 0.25) is 11.8 Å². The number of hydrogen-bond donors (Lipinski definition) is 3. The zero-order chi connectivity index (χ0) is 46.6. The monoisotopic (exact) mass is 898 g/mol. The first-order valence-electron chi connectivity index (χ1n) is 21.3. The van der Waals surface area contributed by atoms with Crippen molar-refractivity contribution in [2.75, 3.05) is 36.8 Å². The van der Waals surface area contributed by atoms with Gasteiger partial charge in [0.15, 0.2) is 0 Å². The van der Waals surface area contributed by atoms with E-state index in [-0.39, 0.29) is 60.4 Å². The SMILES string of the molecule is N#Cc1cccc([C@@H]2CC=NN2C(=O)N2CC(=Cc3cc4c(cc3F)CC(=O)N4)C2)c1.N#Cc1cccc([C@@H]2CC=NN2C(=O)n2ccnc2)c1.O=C1Cc2cc(F)c(C=C3CNC3)cc2N1. The zero-order valence-electron chi connectivity index (χ0n) is 35.7. The average molecular weight is 899 g/mol. The summed E-state index contributed by atoms with van der Waals surface area (Å²) in [4.78, 5) is 53.4. The Bertz CT molecular complexity index is 3030. The number of nitrogens with zero attached hydrogens (tertiary/aromatic N) is 9. The van der Waals surface area contributed by atoms with Crippen LogP contribution in [-0.2, 0) is 22.4 Å². The number of hydrazone groups is 2. The number of aromatic nitrogens is 2. The van der Waals surface area contributed by atoms with Crippen LogP contribution in [0.15, 0.2) is 113 Å². The van der Waals surface area contributed by atoms with Gasteiger partial charge in [0.1, 0.15) is 18.0 Å². The number of imidazole rings is 1. The summed E-state index contributed by atoms with van der Waals surface area (Å²) in [6, 6.07) is 23.9. The molecule has 2 saturated heterocycles. The van der Waals surface area contributed by atoms with E-state index in [1.807, 2.05) is 24.3 Å². The highest BCUT2D eigenvalue weighted by Gasteiger charge is 2.36. The van der Waals surface area contributed by atoms with Crippen molar-refractivity contribution in [3.05, 3.63) is 159 Å². The quantitative estimate of drug-likeness (QED) is 0.173. The van der Waals surface area contributed by atoms with Gasteiger partial charge in [-0.2, -0.15) is 20.7 Å². The molecule has 0 radical (unpaired) electrons. The number of amides is 5. The predicted octanol–water partition coefficient (Wildman–Crippen LogP) is 6.91. The molecule has 11 rings (SSSR count). The topological polar surface area (TPSA) is 204 Å². The van der Waals surface area contributed by atoms with Crippen LogP contribution in [0.25, 0.3) is 12.2 Å². The molecule has 0 unspecified atom stereocenters. The number of rotatable bonds is 4. The second kappa shape index (κ2) is 18.9. The highest BCUT2D eigenvalue weighted by atomic mass is 19.1. The van der Waals surface area contributed by atoms with E-state index < -0.39 is 0 Å². The molecule has 334 valence electrons. The number of nitriles is 2. The van der Waals surface area contributed by atoms with E-state index in [0.717, 1.165) is 41.0 Å². The molecular weight excluding hydrogens is 859 g/mol. The Morgan fingerprint density at radius 2 is 1.22 bits per heavy atom. The van der Waals surface area contributed by atoms with Gasteiger partial charge in [-0.15, -0.1) is 0 Å². The van der Waals surface area contributed by atoms with Gasteiger partial charge in [-0.1, -0.05) is 30.3 Å². The van der Waals surface area contributed by atoms with Crippen molar-refractivity contribution in [3.8, 4) is 12.1 Å². The summed E-state index contributed by atoms with van der Waals surface area (Å²) in [5.41, 5.74) is 8.72. The highest BCUT2D eigenvalue weighted by Crippen LogP contribution is 2.34. The molecular formula is C49H40F2N12O4. The van der Waals surface area contributed by atoms with Crippen LogP contribution in [0, 0.1) is 34.3 Å². The third kappa shape index (κ3) is 9.47. The summed E-state index contributed by atoms with van der Waals surface area (Å²) in [5.74, 6) is -0.839. The fourth-order valence-electron chi connectivity index (χ4n) is 8.24. The maximum absolute atomic E-state index is 14.4. The second-order valence-corrected chi connectivity index (χ2v) is 16.4. The minimum atomic E-state index is -0.380.